The van der Waals surface area contributed by atoms with Crippen molar-refractivity contribution < 1.29 is 23.5 Å². The molecule has 0 radical (unpaired) electrons. The lowest BCUT2D eigenvalue weighted by Crippen LogP contribution is -2.37. The van der Waals surface area contributed by atoms with Gasteiger partial charge in [-0.05, 0) is 24.6 Å². The summed E-state index contributed by atoms with van der Waals surface area (Å²) in [6.07, 6.45) is 5.29. The third-order valence-electron chi connectivity index (χ3n) is 3.12. The highest BCUT2D eigenvalue weighted by molar-refractivity contribution is 5.91. The number of esters is 1. The van der Waals surface area contributed by atoms with Crippen LogP contribution < -0.4 is 0 Å². The molecule has 22 heavy (non-hydrogen) atoms. The lowest BCUT2D eigenvalue weighted by atomic mass is 10.1. The Kier molecular flexibility index (Phi) is 7.99. The van der Waals surface area contributed by atoms with Crippen LogP contribution in [0.2, 0.25) is 0 Å². The fraction of sp³-hybridized carbons (Fsp3) is 0.500. The van der Waals surface area contributed by atoms with Gasteiger partial charge >= 0.3 is 5.97 Å². The maximum absolute atomic E-state index is 12.3. The first-order chi connectivity index (χ1) is 10.6. The van der Waals surface area contributed by atoms with Crippen LogP contribution in [0.3, 0.4) is 0 Å². The Balaban J connectivity index is 2.66. The molecule has 0 saturated heterocycles. The van der Waals surface area contributed by atoms with E-state index in [1.807, 2.05) is 0 Å². The van der Waals surface area contributed by atoms with Crippen LogP contribution in [0, 0.1) is 5.92 Å². The van der Waals surface area contributed by atoms with Gasteiger partial charge in [0.25, 0.3) is 0 Å². The molecule has 1 aromatic rings. The van der Waals surface area contributed by atoms with Crippen molar-refractivity contribution in [1.82, 2.24) is 4.90 Å². The number of carbonyl (C=O) groups is 2. The van der Waals surface area contributed by atoms with E-state index in [2.05, 4.69) is 0 Å². The van der Waals surface area contributed by atoms with Gasteiger partial charge in [-0.15, -0.1) is 0 Å². The van der Waals surface area contributed by atoms with Crippen molar-refractivity contribution in [2.24, 2.45) is 5.92 Å². The quantitative estimate of drug-likeness (QED) is 0.396. The average Bonchev–Trinajstić information content (AvgIpc) is 3.04. The van der Waals surface area contributed by atoms with Crippen LogP contribution in [-0.2, 0) is 19.1 Å². The molecule has 1 atom stereocenters. The van der Waals surface area contributed by atoms with Crippen LogP contribution in [0.4, 0.5) is 0 Å². The first kappa shape index (κ1) is 18.0. The van der Waals surface area contributed by atoms with Crippen molar-refractivity contribution in [3.8, 4) is 0 Å². The van der Waals surface area contributed by atoms with Gasteiger partial charge in [0.05, 0.1) is 19.3 Å². The van der Waals surface area contributed by atoms with Gasteiger partial charge < -0.3 is 18.8 Å². The number of hydrogen-bond acceptors (Lipinski definition) is 5. The summed E-state index contributed by atoms with van der Waals surface area (Å²) in [5.74, 6) is -0.289. The van der Waals surface area contributed by atoms with Crippen LogP contribution in [0.15, 0.2) is 28.9 Å². The second-order valence-corrected chi connectivity index (χ2v) is 4.90. The molecule has 0 aliphatic rings. The van der Waals surface area contributed by atoms with Gasteiger partial charge in [0.15, 0.2) is 0 Å². The molecule has 0 aromatic carbocycles. The SMILES string of the molecule is COCCCN(CC(C)C(=O)OC)C(=O)/C=C/c1ccco1. The van der Waals surface area contributed by atoms with Gasteiger partial charge in [-0.25, -0.2) is 0 Å². The summed E-state index contributed by atoms with van der Waals surface area (Å²) < 4.78 is 14.9. The predicted molar refractivity (Wildman–Crippen MR) is 82.0 cm³/mol. The maximum atomic E-state index is 12.3. The summed E-state index contributed by atoms with van der Waals surface area (Å²) in [5.41, 5.74) is 0. The van der Waals surface area contributed by atoms with E-state index in [-0.39, 0.29) is 17.8 Å². The summed E-state index contributed by atoms with van der Waals surface area (Å²) in [5, 5.41) is 0. The lowest BCUT2D eigenvalue weighted by molar-refractivity contribution is -0.146. The van der Waals surface area contributed by atoms with Crippen LogP contribution in [-0.4, -0.2) is 50.7 Å². The number of hydrogen-bond donors (Lipinski definition) is 0. The second-order valence-electron chi connectivity index (χ2n) is 4.90. The van der Waals surface area contributed by atoms with E-state index in [1.54, 1.807) is 43.4 Å². The Morgan fingerprint density at radius 2 is 2.18 bits per heavy atom. The number of ether oxygens (including phenoxy) is 2. The Morgan fingerprint density at radius 1 is 1.41 bits per heavy atom. The number of carbonyl (C=O) groups excluding carboxylic acids is 2. The minimum absolute atomic E-state index is 0.178. The Bertz CT molecular complexity index is 481. The molecule has 0 aliphatic heterocycles. The predicted octanol–water partition coefficient (Wildman–Crippen LogP) is 1.97. The number of rotatable bonds is 9. The van der Waals surface area contributed by atoms with Crippen LogP contribution in [0.5, 0.6) is 0 Å². The van der Waals surface area contributed by atoms with E-state index >= 15 is 0 Å². The molecule has 1 heterocycles. The highest BCUT2D eigenvalue weighted by Crippen LogP contribution is 2.07. The molecular formula is C16H23NO5. The fourth-order valence-corrected chi connectivity index (χ4v) is 1.94. The molecule has 1 rings (SSSR count). The first-order valence-electron chi connectivity index (χ1n) is 7.15. The Hall–Kier alpha value is -2.08. The van der Waals surface area contributed by atoms with Crippen molar-refractivity contribution >= 4 is 18.0 Å². The minimum atomic E-state index is -0.381. The number of furan rings is 1. The molecule has 0 fully saturated rings. The fourth-order valence-electron chi connectivity index (χ4n) is 1.94. The van der Waals surface area contributed by atoms with Crippen LogP contribution in [0.1, 0.15) is 19.1 Å². The molecule has 0 aliphatic carbocycles. The molecule has 1 aromatic heterocycles. The van der Waals surface area contributed by atoms with Gasteiger partial charge in [-0.2, -0.15) is 0 Å². The zero-order valence-electron chi connectivity index (χ0n) is 13.3. The van der Waals surface area contributed by atoms with Crippen molar-refractivity contribution in [1.29, 1.82) is 0 Å². The van der Waals surface area contributed by atoms with Crippen molar-refractivity contribution in [3.63, 3.8) is 0 Å². The molecule has 0 spiro atoms. The molecule has 0 bridgehead atoms. The summed E-state index contributed by atoms with van der Waals surface area (Å²) in [6, 6.07) is 3.51. The number of methoxy groups -OCH3 is 2. The van der Waals surface area contributed by atoms with Gasteiger partial charge in [0.2, 0.25) is 5.91 Å². The van der Waals surface area contributed by atoms with E-state index in [0.29, 0.717) is 31.9 Å². The summed E-state index contributed by atoms with van der Waals surface area (Å²) in [6.45, 7) is 3.10. The van der Waals surface area contributed by atoms with Crippen LogP contribution in [0.25, 0.3) is 6.08 Å². The monoisotopic (exact) mass is 309 g/mol. The summed E-state index contributed by atoms with van der Waals surface area (Å²) >= 11 is 0. The van der Waals surface area contributed by atoms with Crippen molar-refractivity contribution in [3.05, 3.63) is 30.2 Å². The summed E-state index contributed by atoms with van der Waals surface area (Å²) in [7, 11) is 2.95. The van der Waals surface area contributed by atoms with E-state index in [4.69, 9.17) is 13.9 Å². The molecule has 6 nitrogen and oxygen atoms in total. The Morgan fingerprint density at radius 3 is 2.77 bits per heavy atom. The number of nitrogens with zero attached hydrogens (tertiary/aromatic N) is 1. The molecule has 6 heteroatoms. The lowest BCUT2D eigenvalue weighted by Gasteiger charge is -2.23. The molecule has 122 valence electrons. The second kappa shape index (κ2) is 9.78. The van der Waals surface area contributed by atoms with Gasteiger partial charge in [0.1, 0.15) is 5.76 Å². The smallest absolute Gasteiger partial charge is 0.310 e. The standard InChI is InChI=1S/C16H23NO5/c1-13(16(19)21-3)12-17(9-5-10-20-2)15(18)8-7-14-6-4-11-22-14/h4,6-8,11,13H,5,9-10,12H2,1-3H3/b8-7+. The zero-order valence-corrected chi connectivity index (χ0v) is 13.3. The third-order valence-corrected chi connectivity index (χ3v) is 3.12. The minimum Gasteiger partial charge on any atom is -0.469 e. The van der Waals surface area contributed by atoms with Crippen LogP contribution >= 0.6 is 0 Å². The topological polar surface area (TPSA) is 69.0 Å². The highest BCUT2D eigenvalue weighted by atomic mass is 16.5. The van der Waals surface area contributed by atoms with E-state index in [9.17, 15) is 9.59 Å². The Labute approximate surface area is 130 Å². The summed E-state index contributed by atoms with van der Waals surface area (Å²) in [4.78, 5) is 25.4. The molecule has 1 unspecified atom stereocenters. The number of amides is 1. The zero-order chi connectivity index (χ0) is 16.4. The van der Waals surface area contributed by atoms with E-state index in [1.165, 1.54) is 13.2 Å². The van der Waals surface area contributed by atoms with E-state index in [0.717, 1.165) is 0 Å². The van der Waals surface area contributed by atoms with Crippen molar-refractivity contribution in [2.75, 3.05) is 33.9 Å². The molecular weight excluding hydrogens is 286 g/mol. The molecule has 0 saturated carbocycles. The van der Waals surface area contributed by atoms with Gasteiger partial charge in [-0.1, -0.05) is 6.92 Å². The third kappa shape index (κ3) is 6.13. The first-order valence-corrected chi connectivity index (χ1v) is 7.15. The van der Waals surface area contributed by atoms with Gasteiger partial charge in [0, 0.05) is 32.9 Å². The average molecular weight is 309 g/mol. The van der Waals surface area contributed by atoms with Crippen molar-refractivity contribution in [2.45, 2.75) is 13.3 Å². The maximum Gasteiger partial charge on any atom is 0.310 e. The van der Waals surface area contributed by atoms with E-state index < -0.39 is 0 Å². The molecule has 0 N–H and O–H groups in total. The molecule has 1 amide bonds. The highest BCUT2D eigenvalue weighted by Gasteiger charge is 2.20. The van der Waals surface area contributed by atoms with Gasteiger partial charge in [-0.3, -0.25) is 9.59 Å². The normalized spacial score (nSPS) is 12.3. The largest absolute Gasteiger partial charge is 0.469 e.